The summed E-state index contributed by atoms with van der Waals surface area (Å²) < 4.78 is 32.1. The van der Waals surface area contributed by atoms with Crippen molar-refractivity contribution in [2.75, 3.05) is 32.7 Å². The smallest absolute Gasteiger partial charge is 0.275 e. The van der Waals surface area contributed by atoms with E-state index in [2.05, 4.69) is 5.32 Å². The molecule has 8 heteroatoms. The number of hydrogen-bond donors (Lipinski definition) is 2. The molecule has 1 amide bonds. The van der Waals surface area contributed by atoms with Gasteiger partial charge < -0.3 is 14.6 Å². The Hall–Kier alpha value is -2.16. The molecule has 140 valence electrons. The summed E-state index contributed by atoms with van der Waals surface area (Å²) in [7, 11) is -3.46. The second-order valence-corrected chi connectivity index (χ2v) is 8.44. The lowest BCUT2D eigenvalue weighted by Gasteiger charge is -2.31. The number of sulfonamides is 1. The Morgan fingerprint density at radius 1 is 1.19 bits per heavy atom. The number of hydrogen-bond acceptors (Lipinski definition) is 4. The first-order chi connectivity index (χ1) is 12.4. The zero-order valence-corrected chi connectivity index (χ0v) is 15.6. The highest BCUT2D eigenvalue weighted by Gasteiger charge is 2.31. The van der Waals surface area contributed by atoms with E-state index in [-0.39, 0.29) is 5.91 Å². The molecular formula is C18H24N3O4S+. The Bertz CT molecular complexity index is 824. The highest BCUT2D eigenvalue weighted by atomic mass is 32.2. The molecule has 0 bridgehead atoms. The van der Waals surface area contributed by atoms with Crippen molar-refractivity contribution in [3.63, 3.8) is 0 Å². The van der Waals surface area contributed by atoms with Crippen LogP contribution in [0, 0.1) is 6.92 Å². The lowest BCUT2D eigenvalue weighted by Crippen LogP contribution is -3.15. The SMILES string of the molecule is Cc1ccc(S(=O)(=O)N2CC[NH+](CC(=O)NCc3ccco3)CC2)cc1. The van der Waals surface area contributed by atoms with Crippen molar-refractivity contribution in [1.82, 2.24) is 9.62 Å². The molecule has 2 aromatic rings. The van der Waals surface area contributed by atoms with Gasteiger partial charge in [-0.05, 0) is 31.2 Å². The van der Waals surface area contributed by atoms with Crippen LogP contribution in [0.15, 0.2) is 52.0 Å². The van der Waals surface area contributed by atoms with Crippen LogP contribution in [0.5, 0.6) is 0 Å². The van der Waals surface area contributed by atoms with Gasteiger partial charge in [-0.3, -0.25) is 4.79 Å². The largest absolute Gasteiger partial charge is 0.467 e. The van der Waals surface area contributed by atoms with Crippen LogP contribution >= 0.6 is 0 Å². The third-order valence-electron chi connectivity index (χ3n) is 4.54. The van der Waals surface area contributed by atoms with E-state index in [9.17, 15) is 13.2 Å². The summed E-state index contributed by atoms with van der Waals surface area (Å²) >= 11 is 0. The van der Waals surface area contributed by atoms with Crippen molar-refractivity contribution in [3.05, 3.63) is 54.0 Å². The van der Waals surface area contributed by atoms with Gasteiger partial charge in [-0.25, -0.2) is 8.42 Å². The standard InChI is InChI=1S/C18H23N3O4S/c1-15-4-6-17(7-5-15)26(23,24)21-10-8-20(9-11-21)14-18(22)19-13-16-3-2-12-25-16/h2-7,12H,8-11,13-14H2,1H3,(H,19,22)/p+1. The van der Waals surface area contributed by atoms with Crippen molar-refractivity contribution >= 4 is 15.9 Å². The summed E-state index contributed by atoms with van der Waals surface area (Å²) in [6.07, 6.45) is 1.57. The van der Waals surface area contributed by atoms with Crippen molar-refractivity contribution in [2.45, 2.75) is 18.4 Å². The number of furan rings is 1. The molecule has 7 nitrogen and oxygen atoms in total. The quantitative estimate of drug-likeness (QED) is 0.729. The Kier molecular flexibility index (Phi) is 5.75. The van der Waals surface area contributed by atoms with E-state index in [0.29, 0.717) is 49.9 Å². The van der Waals surface area contributed by atoms with E-state index in [1.807, 2.05) is 13.0 Å². The fourth-order valence-electron chi connectivity index (χ4n) is 2.97. The molecule has 0 radical (unpaired) electrons. The predicted octanol–water partition coefficient (Wildman–Crippen LogP) is -0.206. The molecule has 0 unspecified atom stereocenters. The van der Waals surface area contributed by atoms with Gasteiger partial charge >= 0.3 is 0 Å². The molecule has 1 aromatic heterocycles. The van der Waals surface area contributed by atoms with Crippen LogP contribution in [0.4, 0.5) is 0 Å². The van der Waals surface area contributed by atoms with E-state index in [1.54, 1.807) is 36.6 Å². The number of benzene rings is 1. The van der Waals surface area contributed by atoms with Crippen LogP contribution in [0.3, 0.4) is 0 Å². The second-order valence-electron chi connectivity index (χ2n) is 6.50. The third-order valence-corrected chi connectivity index (χ3v) is 6.45. The van der Waals surface area contributed by atoms with Gasteiger partial charge in [-0.2, -0.15) is 4.31 Å². The Labute approximate surface area is 153 Å². The van der Waals surface area contributed by atoms with Crippen molar-refractivity contribution in [1.29, 1.82) is 0 Å². The number of amides is 1. The van der Waals surface area contributed by atoms with Crippen LogP contribution in [-0.2, 0) is 21.4 Å². The molecule has 26 heavy (non-hydrogen) atoms. The van der Waals surface area contributed by atoms with Crippen LogP contribution in [0.25, 0.3) is 0 Å². The first-order valence-electron chi connectivity index (χ1n) is 8.64. The topological polar surface area (TPSA) is 84.1 Å². The summed E-state index contributed by atoms with van der Waals surface area (Å²) in [4.78, 5) is 13.4. The maximum absolute atomic E-state index is 12.7. The summed E-state index contributed by atoms with van der Waals surface area (Å²) in [6, 6.07) is 10.5. The molecule has 3 rings (SSSR count). The number of piperazine rings is 1. The van der Waals surface area contributed by atoms with E-state index in [0.717, 1.165) is 10.5 Å². The lowest BCUT2D eigenvalue weighted by molar-refractivity contribution is -0.895. The minimum absolute atomic E-state index is 0.0637. The Balaban J connectivity index is 1.49. The number of carbonyl (C=O) groups is 1. The maximum Gasteiger partial charge on any atom is 0.275 e. The molecule has 0 aliphatic carbocycles. The van der Waals surface area contributed by atoms with Gasteiger partial charge in [0.05, 0.1) is 43.9 Å². The van der Waals surface area contributed by atoms with Crippen molar-refractivity contribution in [3.8, 4) is 0 Å². The van der Waals surface area contributed by atoms with Crippen molar-refractivity contribution in [2.24, 2.45) is 0 Å². The summed E-state index contributed by atoms with van der Waals surface area (Å²) in [5, 5.41) is 2.82. The minimum atomic E-state index is -3.46. The minimum Gasteiger partial charge on any atom is -0.467 e. The van der Waals surface area contributed by atoms with Gasteiger partial charge in [0.2, 0.25) is 10.0 Å². The molecule has 2 N–H and O–H groups in total. The fourth-order valence-corrected chi connectivity index (χ4v) is 4.41. The molecule has 0 saturated carbocycles. The zero-order valence-electron chi connectivity index (χ0n) is 14.8. The third kappa shape index (κ3) is 4.51. The van der Waals surface area contributed by atoms with Gasteiger partial charge in [-0.15, -0.1) is 0 Å². The van der Waals surface area contributed by atoms with Gasteiger partial charge in [0.25, 0.3) is 5.91 Å². The first kappa shape index (κ1) is 18.6. The second kappa shape index (κ2) is 8.03. The van der Waals surface area contributed by atoms with E-state index in [4.69, 9.17) is 4.42 Å². The highest BCUT2D eigenvalue weighted by molar-refractivity contribution is 7.89. The van der Waals surface area contributed by atoms with Crippen LogP contribution in [0.1, 0.15) is 11.3 Å². The van der Waals surface area contributed by atoms with Crippen LogP contribution in [0.2, 0.25) is 0 Å². The molecular weight excluding hydrogens is 354 g/mol. The van der Waals surface area contributed by atoms with Gasteiger partial charge in [0, 0.05) is 0 Å². The summed E-state index contributed by atoms with van der Waals surface area (Å²) in [5.41, 5.74) is 1.03. The molecule has 1 aliphatic heterocycles. The highest BCUT2D eigenvalue weighted by Crippen LogP contribution is 2.16. The maximum atomic E-state index is 12.7. The molecule has 0 spiro atoms. The molecule has 1 aromatic carbocycles. The van der Waals surface area contributed by atoms with E-state index in [1.165, 1.54) is 4.31 Å². The monoisotopic (exact) mass is 378 g/mol. The zero-order chi connectivity index (χ0) is 18.6. The van der Waals surface area contributed by atoms with Gasteiger partial charge in [0.1, 0.15) is 5.76 Å². The fraction of sp³-hybridized carbons (Fsp3) is 0.389. The average Bonchev–Trinajstić information content (AvgIpc) is 3.14. The molecule has 2 heterocycles. The average molecular weight is 378 g/mol. The Morgan fingerprint density at radius 3 is 2.50 bits per heavy atom. The van der Waals surface area contributed by atoms with E-state index < -0.39 is 10.0 Å². The number of nitrogens with zero attached hydrogens (tertiary/aromatic N) is 1. The Morgan fingerprint density at radius 2 is 1.88 bits per heavy atom. The summed E-state index contributed by atoms with van der Waals surface area (Å²) in [6.45, 7) is 4.67. The van der Waals surface area contributed by atoms with Crippen molar-refractivity contribution < 1.29 is 22.5 Å². The number of nitrogens with one attached hydrogen (secondary N) is 2. The first-order valence-corrected chi connectivity index (χ1v) is 10.1. The number of aryl methyl sites for hydroxylation is 1. The normalized spacial score (nSPS) is 16.5. The van der Waals surface area contributed by atoms with Crippen LogP contribution < -0.4 is 10.2 Å². The molecule has 1 fully saturated rings. The van der Waals surface area contributed by atoms with Gasteiger partial charge in [0.15, 0.2) is 6.54 Å². The number of rotatable bonds is 6. The lowest BCUT2D eigenvalue weighted by atomic mass is 10.2. The number of quaternary nitrogens is 1. The molecule has 1 aliphatic rings. The van der Waals surface area contributed by atoms with E-state index >= 15 is 0 Å². The predicted molar refractivity (Wildman–Crippen MR) is 96.1 cm³/mol. The molecule has 1 saturated heterocycles. The van der Waals surface area contributed by atoms with Crippen LogP contribution in [-0.4, -0.2) is 51.4 Å². The van der Waals surface area contributed by atoms with Gasteiger partial charge in [-0.1, -0.05) is 17.7 Å². The molecule has 0 atom stereocenters. The summed E-state index contributed by atoms with van der Waals surface area (Å²) in [5.74, 6) is 0.647. The number of carbonyl (C=O) groups excluding carboxylic acids is 1.